The molecule has 0 fully saturated rings. The summed E-state index contributed by atoms with van der Waals surface area (Å²) in [6.45, 7) is 2.41. The number of nitrogens with one attached hydrogen (secondary N) is 1. The maximum atomic E-state index is 8.72. The minimum atomic E-state index is 0.294. The lowest BCUT2D eigenvalue weighted by Crippen LogP contribution is -2.18. The second kappa shape index (κ2) is 6.53. The van der Waals surface area contributed by atoms with E-state index < -0.39 is 0 Å². The lowest BCUT2D eigenvalue weighted by molar-refractivity contribution is 0.981. The number of para-hydroxylation sites is 1. The highest BCUT2D eigenvalue weighted by atomic mass is 15.2. The molecule has 102 valence electrons. The predicted octanol–water partition coefficient (Wildman–Crippen LogP) is 2.74. The first-order valence-electron chi connectivity index (χ1n) is 6.49. The van der Waals surface area contributed by atoms with Gasteiger partial charge in [0.25, 0.3) is 0 Å². The Bertz CT molecular complexity index is 618. The summed E-state index contributed by atoms with van der Waals surface area (Å²) in [5.74, 6) is 1.44. The zero-order chi connectivity index (χ0) is 14.4. The molecule has 0 unspecified atom stereocenters. The highest BCUT2D eigenvalue weighted by molar-refractivity contribution is 5.62. The molecule has 1 aromatic heterocycles. The van der Waals surface area contributed by atoms with Crippen molar-refractivity contribution in [2.75, 3.05) is 23.8 Å². The second-order valence-electron chi connectivity index (χ2n) is 4.41. The number of hydrogen-bond donors (Lipinski definition) is 1. The van der Waals surface area contributed by atoms with Gasteiger partial charge in [0, 0.05) is 18.8 Å². The normalized spacial score (nSPS) is 9.85. The average molecular weight is 267 g/mol. The van der Waals surface area contributed by atoms with Crippen LogP contribution >= 0.6 is 0 Å². The first-order valence-corrected chi connectivity index (χ1v) is 6.49. The fourth-order valence-electron chi connectivity index (χ4n) is 1.90. The van der Waals surface area contributed by atoms with Gasteiger partial charge < -0.3 is 10.2 Å². The number of nitriles is 1. The quantitative estimate of drug-likeness (QED) is 0.844. The Hall–Kier alpha value is -2.61. The van der Waals surface area contributed by atoms with E-state index in [4.69, 9.17) is 5.26 Å². The maximum Gasteiger partial charge on any atom is 0.135 e. The number of aromatic nitrogens is 2. The summed E-state index contributed by atoms with van der Waals surface area (Å²) in [7, 11) is 1.83. The minimum absolute atomic E-state index is 0.294. The Kier molecular flexibility index (Phi) is 4.51. The van der Waals surface area contributed by atoms with E-state index in [9.17, 15) is 0 Å². The number of aryl methyl sites for hydroxylation is 1. The van der Waals surface area contributed by atoms with Crippen LogP contribution in [0.4, 0.5) is 17.3 Å². The molecule has 1 N–H and O–H groups in total. The summed E-state index contributed by atoms with van der Waals surface area (Å²) in [4.78, 5) is 10.2. The van der Waals surface area contributed by atoms with Crippen molar-refractivity contribution in [1.82, 2.24) is 9.97 Å². The summed E-state index contributed by atoms with van der Waals surface area (Å²) < 4.78 is 0. The van der Waals surface area contributed by atoms with Gasteiger partial charge >= 0.3 is 0 Å². The van der Waals surface area contributed by atoms with E-state index in [0.717, 1.165) is 23.7 Å². The first-order chi connectivity index (χ1) is 9.74. The van der Waals surface area contributed by atoms with Crippen molar-refractivity contribution in [2.24, 2.45) is 0 Å². The highest BCUT2D eigenvalue weighted by Crippen LogP contribution is 2.21. The van der Waals surface area contributed by atoms with Gasteiger partial charge in [-0.15, -0.1) is 0 Å². The predicted molar refractivity (Wildman–Crippen MR) is 80.0 cm³/mol. The van der Waals surface area contributed by atoms with Gasteiger partial charge in [-0.2, -0.15) is 5.26 Å². The zero-order valence-electron chi connectivity index (χ0n) is 11.7. The van der Waals surface area contributed by atoms with Crippen molar-refractivity contribution in [3.05, 3.63) is 42.2 Å². The van der Waals surface area contributed by atoms with Crippen LogP contribution in [0.1, 0.15) is 12.5 Å². The van der Waals surface area contributed by atoms with Gasteiger partial charge in [-0.05, 0) is 18.1 Å². The maximum absolute atomic E-state index is 8.72. The highest BCUT2D eigenvalue weighted by Gasteiger charge is 2.05. The molecule has 0 saturated heterocycles. The number of rotatable bonds is 5. The van der Waals surface area contributed by atoms with E-state index in [0.29, 0.717) is 6.54 Å². The Morgan fingerprint density at radius 3 is 2.85 bits per heavy atom. The Balaban J connectivity index is 2.22. The molecule has 5 heteroatoms. The van der Waals surface area contributed by atoms with Gasteiger partial charge in [-0.1, -0.05) is 25.1 Å². The van der Waals surface area contributed by atoms with Crippen molar-refractivity contribution in [2.45, 2.75) is 13.3 Å². The lowest BCUT2D eigenvalue weighted by atomic mass is 10.1. The van der Waals surface area contributed by atoms with E-state index in [1.165, 1.54) is 11.9 Å². The number of anilines is 3. The molecule has 0 aliphatic heterocycles. The standard InChI is InChI=1S/C15H17N5/c1-3-12-6-4-5-7-13(12)19-14-10-15(18-11-17-14)20(2)9-8-16/h4-7,10-11H,3,9H2,1-2H3,(H,17,18,19). The van der Waals surface area contributed by atoms with Crippen LogP contribution in [0, 0.1) is 11.3 Å². The molecular formula is C15H17N5. The minimum Gasteiger partial charge on any atom is -0.346 e. The molecule has 1 aromatic carbocycles. The molecule has 5 nitrogen and oxygen atoms in total. The van der Waals surface area contributed by atoms with Gasteiger partial charge in [0.05, 0.1) is 6.07 Å². The first kappa shape index (κ1) is 13.8. The molecule has 0 amide bonds. The van der Waals surface area contributed by atoms with Gasteiger partial charge in [-0.25, -0.2) is 9.97 Å². The van der Waals surface area contributed by atoms with E-state index >= 15 is 0 Å². The Morgan fingerprint density at radius 1 is 1.30 bits per heavy atom. The third-order valence-corrected chi connectivity index (χ3v) is 3.01. The van der Waals surface area contributed by atoms with Gasteiger partial charge in [0.15, 0.2) is 0 Å². The molecule has 1 heterocycles. The smallest absolute Gasteiger partial charge is 0.135 e. The molecule has 0 bridgehead atoms. The SMILES string of the molecule is CCc1ccccc1Nc1cc(N(C)CC#N)ncn1. The van der Waals surface area contributed by atoms with Gasteiger partial charge in [0.1, 0.15) is 24.5 Å². The van der Waals surface area contributed by atoms with Crippen LogP contribution in [-0.4, -0.2) is 23.6 Å². The molecule has 0 radical (unpaired) electrons. The van der Waals surface area contributed by atoms with Gasteiger partial charge in [-0.3, -0.25) is 0 Å². The van der Waals surface area contributed by atoms with Gasteiger partial charge in [0.2, 0.25) is 0 Å². The third-order valence-electron chi connectivity index (χ3n) is 3.01. The topological polar surface area (TPSA) is 64.8 Å². The summed E-state index contributed by atoms with van der Waals surface area (Å²) in [5, 5.41) is 12.0. The van der Waals surface area contributed by atoms with Crippen LogP contribution in [0.3, 0.4) is 0 Å². The molecule has 0 spiro atoms. The Morgan fingerprint density at radius 2 is 2.10 bits per heavy atom. The number of benzene rings is 1. The van der Waals surface area contributed by atoms with E-state index in [1.54, 1.807) is 4.90 Å². The van der Waals surface area contributed by atoms with Crippen molar-refractivity contribution in [3.8, 4) is 6.07 Å². The van der Waals surface area contributed by atoms with Crippen LogP contribution < -0.4 is 10.2 Å². The summed E-state index contributed by atoms with van der Waals surface area (Å²) >= 11 is 0. The molecule has 2 aromatic rings. The number of hydrogen-bond acceptors (Lipinski definition) is 5. The summed E-state index contributed by atoms with van der Waals surface area (Å²) in [6, 6.07) is 12.1. The fourth-order valence-corrected chi connectivity index (χ4v) is 1.90. The summed E-state index contributed by atoms with van der Waals surface area (Å²) in [6.07, 6.45) is 2.45. The van der Waals surface area contributed by atoms with Crippen molar-refractivity contribution in [3.63, 3.8) is 0 Å². The van der Waals surface area contributed by atoms with Crippen LogP contribution in [0.2, 0.25) is 0 Å². The van der Waals surface area contributed by atoms with E-state index in [-0.39, 0.29) is 0 Å². The van der Waals surface area contributed by atoms with E-state index in [1.807, 2.05) is 31.3 Å². The zero-order valence-corrected chi connectivity index (χ0v) is 11.7. The summed E-state index contributed by atoms with van der Waals surface area (Å²) in [5.41, 5.74) is 2.28. The molecule has 0 atom stereocenters. The molecule has 20 heavy (non-hydrogen) atoms. The van der Waals surface area contributed by atoms with Crippen molar-refractivity contribution < 1.29 is 0 Å². The lowest BCUT2D eigenvalue weighted by Gasteiger charge is -2.15. The molecule has 0 saturated carbocycles. The number of nitrogens with zero attached hydrogens (tertiary/aromatic N) is 4. The average Bonchev–Trinajstić information content (AvgIpc) is 2.48. The monoisotopic (exact) mass is 267 g/mol. The third kappa shape index (κ3) is 3.23. The van der Waals surface area contributed by atoms with Crippen LogP contribution in [0.5, 0.6) is 0 Å². The van der Waals surface area contributed by atoms with Crippen LogP contribution in [0.15, 0.2) is 36.7 Å². The molecular weight excluding hydrogens is 250 g/mol. The van der Waals surface area contributed by atoms with Crippen LogP contribution in [-0.2, 0) is 6.42 Å². The van der Waals surface area contributed by atoms with E-state index in [2.05, 4.69) is 34.3 Å². The van der Waals surface area contributed by atoms with Crippen molar-refractivity contribution in [1.29, 1.82) is 5.26 Å². The molecule has 0 aliphatic carbocycles. The fraction of sp³-hybridized carbons (Fsp3) is 0.267. The molecule has 0 aliphatic rings. The largest absolute Gasteiger partial charge is 0.346 e. The second-order valence-corrected chi connectivity index (χ2v) is 4.41. The van der Waals surface area contributed by atoms with Crippen LogP contribution in [0.25, 0.3) is 0 Å². The molecule has 2 rings (SSSR count). The van der Waals surface area contributed by atoms with Crippen molar-refractivity contribution >= 4 is 17.3 Å². The Labute approximate surface area is 118 Å².